The van der Waals surface area contributed by atoms with Crippen molar-refractivity contribution in [3.8, 4) is 0 Å². The zero-order valence-electron chi connectivity index (χ0n) is 10.9. The average Bonchev–Trinajstić information content (AvgIpc) is 2.85. The molecule has 2 atom stereocenters. The Balaban J connectivity index is 1.79. The molecule has 1 heterocycles. The summed E-state index contributed by atoms with van der Waals surface area (Å²) >= 11 is 0. The van der Waals surface area contributed by atoms with Crippen molar-refractivity contribution in [2.45, 2.75) is 51.2 Å². The topological polar surface area (TPSA) is 29.5 Å². The first-order valence-electron chi connectivity index (χ1n) is 6.72. The van der Waals surface area contributed by atoms with Crippen LogP contribution in [0.25, 0.3) is 0 Å². The summed E-state index contributed by atoms with van der Waals surface area (Å²) in [6, 6.07) is 4.82. The van der Waals surface area contributed by atoms with Gasteiger partial charge in [-0.3, -0.25) is 0 Å². The molecular formula is C15H21FO2. The van der Waals surface area contributed by atoms with Crippen molar-refractivity contribution in [3.05, 3.63) is 35.1 Å². The minimum absolute atomic E-state index is 0.217. The van der Waals surface area contributed by atoms with Crippen LogP contribution in [-0.2, 0) is 4.74 Å². The highest BCUT2D eigenvalue weighted by molar-refractivity contribution is 5.25. The van der Waals surface area contributed by atoms with Crippen molar-refractivity contribution in [2.75, 3.05) is 6.61 Å². The second kappa shape index (κ2) is 6.30. The fourth-order valence-electron chi connectivity index (χ4n) is 2.45. The van der Waals surface area contributed by atoms with Crippen molar-refractivity contribution in [3.63, 3.8) is 0 Å². The fourth-order valence-corrected chi connectivity index (χ4v) is 2.45. The molecule has 1 aromatic rings. The number of rotatable bonds is 5. The third-order valence-electron chi connectivity index (χ3n) is 3.59. The first-order chi connectivity index (χ1) is 8.66. The van der Waals surface area contributed by atoms with E-state index in [4.69, 9.17) is 4.74 Å². The third kappa shape index (κ3) is 3.53. The molecule has 1 aliphatic heterocycles. The molecule has 0 bridgehead atoms. The molecular weight excluding hydrogens is 231 g/mol. The summed E-state index contributed by atoms with van der Waals surface area (Å²) in [5, 5.41) is 10.0. The second-order valence-corrected chi connectivity index (χ2v) is 5.09. The first-order valence-corrected chi connectivity index (χ1v) is 6.72. The molecule has 2 unspecified atom stereocenters. The van der Waals surface area contributed by atoms with Gasteiger partial charge in [-0.25, -0.2) is 4.39 Å². The quantitative estimate of drug-likeness (QED) is 0.868. The molecule has 0 saturated carbocycles. The summed E-state index contributed by atoms with van der Waals surface area (Å²) in [5.74, 6) is -0.217. The van der Waals surface area contributed by atoms with Gasteiger partial charge in [-0.15, -0.1) is 0 Å². The highest BCUT2D eigenvalue weighted by atomic mass is 19.1. The summed E-state index contributed by atoms with van der Waals surface area (Å²) in [5.41, 5.74) is 1.40. The predicted octanol–water partition coefficient (Wildman–Crippen LogP) is 3.52. The largest absolute Gasteiger partial charge is 0.388 e. The highest BCUT2D eigenvalue weighted by Gasteiger charge is 2.16. The molecule has 18 heavy (non-hydrogen) atoms. The molecule has 0 spiro atoms. The predicted molar refractivity (Wildman–Crippen MR) is 68.9 cm³/mol. The van der Waals surface area contributed by atoms with E-state index in [9.17, 15) is 9.50 Å². The van der Waals surface area contributed by atoms with Gasteiger partial charge in [0.25, 0.3) is 0 Å². The fraction of sp³-hybridized carbons (Fsp3) is 0.600. The lowest BCUT2D eigenvalue weighted by atomic mass is 10.00. The van der Waals surface area contributed by atoms with E-state index >= 15 is 0 Å². The Labute approximate surface area is 108 Å². The van der Waals surface area contributed by atoms with Crippen LogP contribution in [0.5, 0.6) is 0 Å². The minimum Gasteiger partial charge on any atom is -0.388 e. The van der Waals surface area contributed by atoms with E-state index in [0.717, 1.165) is 37.9 Å². The number of hydrogen-bond donors (Lipinski definition) is 1. The van der Waals surface area contributed by atoms with Gasteiger partial charge in [-0.2, -0.15) is 0 Å². The van der Waals surface area contributed by atoms with E-state index in [-0.39, 0.29) is 5.82 Å². The van der Waals surface area contributed by atoms with Crippen LogP contribution in [0.3, 0.4) is 0 Å². The number of benzene rings is 1. The summed E-state index contributed by atoms with van der Waals surface area (Å²) in [7, 11) is 0. The van der Waals surface area contributed by atoms with Crippen molar-refractivity contribution < 1.29 is 14.2 Å². The minimum atomic E-state index is -0.495. The molecule has 1 saturated heterocycles. The molecule has 0 amide bonds. The molecule has 2 rings (SSSR count). The van der Waals surface area contributed by atoms with Crippen LogP contribution in [0.4, 0.5) is 4.39 Å². The Morgan fingerprint density at radius 2 is 2.33 bits per heavy atom. The SMILES string of the molecule is Cc1cc(C(O)CCCC2CCCO2)ccc1F. The van der Waals surface area contributed by atoms with Gasteiger partial charge in [-0.05, 0) is 56.2 Å². The first kappa shape index (κ1) is 13.5. The van der Waals surface area contributed by atoms with E-state index in [2.05, 4.69) is 0 Å². The van der Waals surface area contributed by atoms with Gasteiger partial charge in [0.05, 0.1) is 12.2 Å². The van der Waals surface area contributed by atoms with Gasteiger partial charge in [0.15, 0.2) is 0 Å². The van der Waals surface area contributed by atoms with Gasteiger partial charge in [0, 0.05) is 6.61 Å². The second-order valence-electron chi connectivity index (χ2n) is 5.09. The Hall–Kier alpha value is -0.930. The van der Waals surface area contributed by atoms with Crippen molar-refractivity contribution >= 4 is 0 Å². The lowest BCUT2D eigenvalue weighted by Crippen LogP contribution is -2.06. The zero-order valence-corrected chi connectivity index (χ0v) is 10.9. The Kier molecular flexibility index (Phi) is 4.72. The van der Waals surface area contributed by atoms with Gasteiger partial charge in [0.1, 0.15) is 5.82 Å². The molecule has 1 N–H and O–H groups in total. The van der Waals surface area contributed by atoms with Gasteiger partial charge < -0.3 is 9.84 Å². The van der Waals surface area contributed by atoms with Gasteiger partial charge >= 0.3 is 0 Å². The number of aryl methyl sites for hydroxylation is 1. The number of aliphatic hydroxyl groups is 1. The van der Waals surface area contributed by atoms with Crippen LogP contribution in [0.2, 0.25) is 0 Å². The lowest BCUT2D eigenvalue weighted by Gasteiger charge is -2.13. The van der Waals surface area contributed by atoms with Crippen molar-refractivity contribution in [1.82, 2.24) is 0 Å². The number of ether oxygens (including phenoxy) is 1. The van der Waals surface area contributed by atoms with Gasteiger partial charge in [-0.1, -0.05) is 12.1 Å². The zero-order chi connectivity index (χ0) is 13.0. The summed E-state index contributed by atoms with van der Waals surface area (Å²) in [6.45, 7) is 2.60. The van der Waals surface area contributed by atoms with E-state index < -0.39 is 6.10 Å². The number of halogens is 1. The maximum absolute atomic E-state index is 13.1. The molecule has 1 aliphatic rings. The van der Waals surface area contributed by atoms with E-state index in [1.54, 1.807) is 19.1 Å². The van der Waals surface area contributed by atoms with E-state index in [1.165, 1.54) is 6.07 Å². The molecule has 100 valence electrons. The Morgan fingerprint density at radius 1 is 1.50 bits per heavy atom. The maximum Gasteiger partial charge on any atom is 0.126 e. The molecule has 0 radical (unpaired) electrons. The van der Waals surface area contributed by atoms with Crippen LogP contribution in [-0.4, -0.2) is 17.8 Å². The summed E-state index contributed by atoms with van der Waals surface area (Å²) < 4.78 is 18.7. The normalized spacial score (nSPS) is 21.2. The molecule has 1 aromatic carbocycles. The maximum atomic E-state index is 13.1. The molecule has 2 nitrogen and oxygen atoms in total. The third-order valence-corrected chi connectivity index (χ3v) is 3.59. The molecule has 3 heteroatoms. The van der Waals surface area contributed by atoms with E-state index in [0.29, 0.717) is 18.1 Å². The van der Waals surface area contributed by atoms with Crippen LogP contribution >= 0.6 is 0 Å². The number of aliphatic hydroxyl groups excluding tert-OH is 1. The molecule has 1 fully saturated rings. The van der Waals surface area contributed by atoms with Crippen LogP contribution in [0, 0.1) is 12.7 Å². The van der Waals surface area contributed by atoms with Crippen LogP contribution < -0.4 is 0 Å². The van der Waals surface area contributed by atoms with Crippen LogP contribution in [0.15, 0.2) is 18.2 Å². The van der Waals surface area contributed by atoms with Crippen LogP contribution in [0.1, 0.15) is 49.3 Å². The standard InChI is InChI=1S/C15H21FO2/c1-11-10-12(7-8-14(11)16)15(17)6-2-4-13-5-3-9-18-13/h7-8,10,13,15,17H,2-6,9H2,1H3. The lowest BCUT2D eigenvalue weighted by molar-refractivity contribution is 0.0944. The van der Waals surface area contributed by atoms with Crippen molar-refractivity contribution in [1.29, 1.82) is 0 Å². The Morgan fingerprint density at radius 3 is 3.00 bits per heavy atom. The highest BCUT2D eigenvalue weighted by Crippen LogP contribution is 2.24. The average molecular weight is 252 g/mol. The summed E-state index contributed by atoms with van der Waals surface area (Å²) in [6.07, 6.45) is 4.86. The van der Waals surface area contributed by atoms with Gasteiger partial charge in [0.2, 0.25) is 0 Å². The van der Waals surface area contributed by atoms with Crippen molar-refractivity contribution in [2.24, 2.45) is 0 Å². The Bertz CT molecular complexity index is 386. The molecule has 0 aromatic heterocycles. The van der Waals surface area contributed by atoms with E-state index in [1.807, 2.05) is 0 Å². The smallest absolute Gasteiger partial charge is 0.126 e. The molecule has 0 aliphatic carbocycles. The number of hydrogen-bond acceptors (Lipinski definition) is 2. The monoisotopic (exact) mass is 252 g/mol. The summed E-state index contributed by atoms with van der Waals surface area (Å²) in [4.78, 5) is 0.